The molecule has 0 amide bonds. The molecule has 0 radical (unpaired) electrons. The lowest BCUT2D eigenvalue weighted by Gasteiger charge is -2.21. The molecule has 0 unspecified atom stereocenters. The molecule has 1 aliphatic rings. The summed E-state index contributed by atoms with van der Waals surface area (Å²) in [5, 5.41) is 11.7. The van der Waals surface area contributed by atoms with Crippen LogP contribution in [0.25, 0.3) is 0 Å². The Hall–Kier alpha value is -2.18. The molecule has 2 N–H and O–H groups in total. The van der Waals surface area contributed by atoms with Gasteiger partial charge in [-0.3, -0.25) is 10.1 Å². The number of carbonyl (C=O) groups is 1. The molecule has 1 aliphatic heterocycles. The van der Waals surface area contributed by atoms with Crippen LogP contribution in [-0.2, 0) is 14.6 Å². The largest absolute Gasteiger partial charge is 0.480 e. The van der Waals surface area contributed by atoms with Gasteiger partial charge in [-0.05, 0) is 31.0 Å². The molecule has 0 saturated carbocycles. The summed E-state index contributed by atoms with van der Waals surface area (Å²) in [7, 11) is -3.67. The summed E-state index contributed by atoms with van der Waals surface area (Å²) in [6, 6.07) is 16.7. The second-order valence-corrected chi connectivity index (χ2v) is 8.44. The maximum atomic E-state index is 13.1. The van der Waals surface area contributed by atoms with Gasteiger partial charge in [-0.25, -0.2) is 8.42 Å². The SMILES string of the molecule is C[C@]1(C(=O)O)C[C@H](S(=O)(=O)c2ccccc2)[C@@H](c2ccccc2)N1. The first kappa shape index (κ1) is 16.7. The number of benzene rings is 2. The molecule has 5 nitrogen and oxygen atoms in total. The van der Waals surface area contributed by atoms with Gasteiger partial charge in [-0.2, -0.15) is 0 Å². The number of hydrogen-bond donors (Lipinski definition) is 2. The lowest BCUT2D eigenvalue weighted by molar-refractivity contribution is -0.143. The van der Waals surface area contributed by atoms with Crippen molar-refractivity contribution in [1.29, 1.82) is 0 Å². The van der Waals surface area contributed by atoms with Gasteiger partial charge in [-0.1, -0.05) is 48.5 Å². The molecule has 3 atom stereocenters. The lowest BCUT2D eigenvalue weighted by Crippen LogP contribution is -2.45. The van der Waals surface area contributed by atoms with Crippen LogP contribution in [0.1, 0.15) is 24.9 Å². The average Bonchev–Trinajstić information content (AvgIpc) is 2.97. The second kappa shape index (κ2) is 6.03. The fourth-order valence-electron chi connectivity index (χ4n) is 3.20. The smallest absolute Gasteiger partial charge is 0.323 e. The second-order valence-electron chi connectivity index (χ2n) is 6.27. The van der Waals surface area contributed by atoms with E-state index in [-0.39, 0.29) is 11.3 Å². The minimum atomic E-state index is -3.67. The summed E-state index contributed by atoms with van der Waals surface area (Å²) < 4.78 is 26.2. The van der Waals surface area contributed by atoms with Gasteiger partial charge >= 0.3 is 5.97 Å². The zero-order valence-corrected chi connectivity index (χ0v) is 14.0. The molecule has 0 aromatic heterocycles. The predicted molar refractivity (Wildman–Crippen MR) is 90.4 cm³/mol. The number of hydrogen-bond acceptors (Lipinski definition) is 4. The third kappa shape index (κ3) is 2.83. The van der Waals surface area contributed by atoms with E-state index in [9.17, 15) is 18.3 Å². The number of sulfone groups is 1. The normalized spacial score (nSPS) is 27.0. The molecule has 1 fully saturated rings. The molecular weight excluding hydrogens is 326 g/mol. The minimum absolute atomic E-state index is 0.0130. The lowest BCUT2D eigenvalue weighted by atomic mass is 10.00. The Morgan fingerprint density at radius 3 is 2.17 bits per heavy atom. The zero-order chi connectivity index (χ0) is 17.4. The van der Waals surface area contributed by atoms with Crippen molar-refractivity contribution in [2.45, 2.75) is 35.1 Å². The standard InChI is InChI=1S/C18H19NO4S/c1-18(17(20)21)12-15(16(19-18)13-8-4-2-5-9-13)24(22,23)14-10-6-3-7-11-14/h2-11,15-16,19H,12H2,1H3,(H,20,21)/t15-,16+,18+/m0/s1. The van der Waals surface area contributed by atoms with Gasteiger partial charge in [-0.15, -0.1) is 0 Å². The Morgan fingerprint density at radius 2 is 1.62 bits per heavy atom. The number of carboxylic acids is 1. The first-order chi connectivity index (χ1) is 11.3. The van der Waals surface area contributed by atoms with Gasteiger partial charge in [0, 0.05) is 0 Å². The van der Waals surface area contributed by atoms with Crippen LogP contribution < -0.4 is 5.32 Å². The number of rotatable bonds is 4. The van der Waals surface area contributed by atoms with Gasteiger partial charge in [0.25, 0.3) is 0 Å². The fourth-order valence-corrected chi connectivity index (χ4v) is 5.22. The first-order valence-corrected chi connectivity index (χ1v) is 9.24. The quantitative estimate of drug-likeness (QED) is 0.889. The van der Waals surface area contributed by atoms with E-state index in [1.165, 1.54) is 6.92 Å². The van der Waals surface area contributed by atoms with Crippen LogP contribution in [0.2, 0.25) is 0 Å². The molecule has 0 bridgehead atoms. The highest BCUT2D eigenvalue weighted by Crippen LogP contribution is 2.39. The van der Waals surface area contributed by atoms with Crippen LogP contribution in [-0.4, -0.2) is 30.3 Å². The molecule has 3 rings (SSSR count). The predicted octanol–water partition coefficient (Wildman–Crippen LogP) is 2.41. The average molecular weight is 345 g/mol. The maximum absolute atomic E-state index is 13.1. The van der Waals surface area contributed by atoms with Crippen molar-refractivity contribution in [1.82, 2.24) is 5.32 Å². The van der Waals surface area contributed by atoms with E-state index in [4.69, 9.17) is 0 Å². The summed E-state index contributed by atoms with van der Waals surface area (Å²) in [5.74, 6) is -1.05. The van der Waals surface area contributed by atoms with Crippen LogP contribution in [0.5, 0.6) is 0 Å². The van der Waals surface area contributed by atoms with Gasteiger partial charge in [0.2, 0.25) is 0 Å². The maximum Gasteiger partial charge on any atom is 0.323 e. The van der Waals surface area contributed by atoms with E-state index in [0.717, 1.165) is 5.56 Å². The summed E-state index contributed by atoms with van der Waals surface area (Å²) >= 11 is 0. The van der Waals surface area contributed by atoms with Crippen LogP contribution in [0.3, 0.4) is 0 Å². The molecular formula is C18H19NO4S. The topological polar surface area (TPSA) is 83.5 Å². The van der Waals surface area contributed by atoms with E-state index in [2.05, 4.69) is 5.32 Å². The highest BCUT2D eigenvalue weighted by molar-refractivity contribution is 7.92. The molecule has 0 spiro atoms. The Balaban J connectivity index is 2.08. The Labute approximate surface area is 141 Å². The van der Waals surface area contributed by atoms with Gasteiger partial charge in [0.15, 0.2) is 9.84 Å². The molecule has 2 aromatic carbocycles. The summed E-state index contributed by atoms with van der Waals surface area (Å²) in [4.78, 5) is 11.9. The number of carboxylic acid groups (broad SMARTS) is 1. The van der Waals surface area contributed by atoms with Crippen molar-refractivity contribution >= 4 is 15.8 Å². The van der Waals surface area contributed by atoms with Crippen molar-refractivity contribution in [3.8, 4) is 0 Å². The first-order valence-electron chi connectivity index (χ1n) is 7.69. The monoisotopic (exact) mass is 345 g/mol. The van der Waals surface area contributed by atoms with E-state index < -0.39 is 32.6 Å². The van der Waals surface area contributed by atoms with Crippen molar-refractivity contribution in [2.24, 2.45) is 0 Å². The Morgan fingerprint density at radius 1 is 1.08 bits per heavy atom. The van der Waals surface area contributed by atoms with Gasteiger partial charge in [0.05, 0.1) is 16.2 Å². The molecule has 1 heterocycles. The number of aliphatic carboxylic acids is 1. The molecule has 24 heavy (non-hydrogen) atoms. The van der Waals surface area contributed by atoms with Crippen LogP contribution in [0.4, 0.5) is 0 Å². The summed E-state index contributed by atoms with van der Waals surface area (Å²) in [6.45, 7) is 1.53. The van der Waals surface area contributed by atoms with E-state index in [1.54, 1.807) is 30.3 Å². The zero-order valence-electron chi connectivity index (χ0n) is 13.2. The third-order valence-corrected chi connectivity index (χ3v) is 6.72. The Bertz CT molecular complexity index is 836. The van der Waals surface area contributed by atoms with Crippen molar-refractivity contribution in [2.75, 3.05) is 0 Å². The van der Waals surface area contributed by atoms with Crippen LogP contribution >= 0.6 is 0 Å². The molecule has 0 aliphatic carbocycles. The van der Waals surface area contributed by atoms with Crippen molar-refractivity contribution in [3.63, 3.8) is 0 Å². The van der Waals surface area contributed by atoms with E-state index >= 15 is 0 Å². The van der Waals surface area contributed by atoms with Crippen LogP contribution in [0.15, 0.2) is 65.6 Å². The number of nitrogens with one attached hydrogen (secondary N) is 1. The summed E-state index contributed by atoms with van der Waals surface area (Å²) in [5.41, 5.74) is -0.514. The molecule has 1 saturated heterocycles. The third-order valence-electron chi connectivity index (χ3n) is 4.56. The van der Waals surface area contributed by atoms with E-state index in [1.807, 2.05) is 30.3 Å². The fraction of sp³-hybridized carbons (Fsp3) is 0.278. The van der Waals surface area contributed by atoms with Crippen molar-refractivity contribution < 1.29 is 18.3 Å². The van der Waals surface area contributed by atoms with Crippen LogP contribution in [0, 0.1) is 0 Å². The highest BCUT2D eigenvalue weighted by Gasteiger charge is 2.52. The highest BCUT2D eigenvalue weighted by atomic mass is 32.2. The molecule has 2 aromatic rings. The van der Waals surface area contributed by atoms with Crippen molar-refractivity contribution in [3.05, 3.63) is 66.2 Å². The summed E-state index contributed by atoms with van der Waals surface area (Å²) in [6.07, 6.45) is 0.0130. The van der Waals surface area contributed by atoms with Gasteiger partial charge in [0.1, 0.15) is 5.54 Å². The molecule has 126 valence electrons. The van der Waals surface area contributed by atoms with E-state index in [0.29, 0.717) is 0 Å². The Kier molecular flexibility index (Phi) is 4.19. The van der Waals surface area contributed by atoms with Gasteiger partial charge < -0.3 is 5.11 Å². The molecule has 6 heteroatoms. The minimum Gasteiger partial charge on any atom is -0.480 e.